The Bertz CT molecular complexity index is 336. The predicted octanol–water partition coefficient (Wildman–Crippen LogP) is 2.98. The molecule has 0 atom stereocenters. The smallest absolute Gasteiger partial charge is 0.206 e. The third-order valence-corrected chi connectivity index (χ3v) is 3.67. The normalized spacial score (nSPS) is 39.1. The molecule has 0 aromatic heterocycles. The van der Waals surface area contributed by atoms with E-state index in [-0.39, 0.29) is 5.92 Å². The second-order valence-electron chi connectivity index (χ2n) is 4.18. The molecule has 1 aromatic rings. The summed E-state index contributed by atoms with van der Waals surface area (Å²) in [5.41, 5.74) is 0.0429. The van der Waals surface area contributed by atoms with Gasteiger partial charge in [0, 0.05) is 5.92 Å². The molecule has 0 N–H and O–H groups in total. The van der Waals surface area contributed by atoms with E-state index >= 15 is 0 Å². The van der Waals surface area contributed by atoms with Crippen molar-refractivity contribution in [3.05, 3.63) is 35.9 Å². The van der Waals surface area contributed by atoms with Gasteiger partial charge < -0.3 is 0 Å². The molecule has 0 unspecified atom stereocenters. The summed E-state index contributed by atoms with van der Waals surface area (Å²) in [6, 6.07) is 9.19. The molecular weight excluding hydrogens is 170 g/mol. The van der Waals surface area contributed by atoms with Gasteiger partial charge in [-0.15, -0.1) is 0 Å². The Kier molecular flexibility index (Phi) is 1.12. The van der Waals surface area contributed by atoms with Gasteiger partial charge in [0.15, 0.2) is 0 Å². The van der Waals surface area contributed by atoms with Crippen molar-refractivity contribution < 1.29 is 8.78 Å². The maximum Gasteiger partial charge on any atom is 0.260 e. The average Bonchev–Trinajstić information content (AvgIpc) is 2.03. The van der Waals surface area contributed by atoms with Crippen molar-refractivity contribution in [2.24, 2.45) is 5.92 Å². The van der Waals surface area contributed by atoms with Crippen LogP contribution in [0.4, 0.5) is 8.78 Å². The first kappa shape index (κ1) is 7.48. The summed E-state index contributed by atoms with van der Waals surface area (Å²) >= 11 is 0. The summed E-state index contributed by atoms with van der Waals surface area (Å²) in [5, 5.41) is 0. The molecule has 3 saturated carbocycles. The van der Waals surface area contributed by atoms with Gasteiger partial charge in [-0.2, -0.15) is 0 Å². The van der Waals surface area contributed by atoms with E-state index in [0.717, 1.165) is 5.56 Å². The standard InChI is InChI=1S/C11H10F2/c12-11(13)9-6-10(11,7-9)8-4-2-1-3-5-8/h1-5,9H,6-7H2. The highest BCUT2D eigenvalue weighted by Gasteiger charge is 2.79. The van der Waals surface area contributed by atoms with E-state index in [2.05, 4.69) is 0 Å². The summed E-state index contributed by atoms with van der Waals surface area (Å²) in [4.78, 5) is 0. The van der Waals surface area contributed by atoms with Gasteiger partial charge in [0.1, 0.15) is 0 Å². The third-order valence-electron chi connectivity index (χ3n) is 3.67. The molecule has 0 heterocycles. The topological polar surface area (TPSA) is 0 Å². The summed E-state index contributed by atoms with van der Waals surface area (Å²) in [7, 11) is 0. The Morgan fingerprint density at radius 1 is 1.08 bits per heavy atom. The SMILES string of the molecule is FC1(F)C2CC1(c1ccccc1)C2. The zero-order valence-electron chi connectivity index (χ0n) is 7.13. The predicted molar refractivity (Wildman–Crippen MR) is 45.8 cm³/mol. The number of benzene rings is 1. The lowest BCUT2D eigenvalue weighted by Gasteiger charge is -2.67. The molecule has 0 amide bonds. The molecule has 68 valence electrons. The van der Waals surface area contributed by atoms with Crippen molar-refractivity contribution in [3.8, 4) is 0 Å². The number of alkyl halides is 2. The summed E-state index contributed by atoms with van der Waals surface area (Å²) in [6.07, 6.45) is 1.37. The fourth-order valence-corrected chi connectivity index (χ4v) is 2.62. The lowest BCUT2D eigenvalue weighted by Crippen LogP contribution is -2.73. The largest absolute Gasteiger partial charge is 0.260 e. The highest BCUT2D eigenvalue weighted by molar-refractivity contribution is 5.41. The minimum atomic E-state index is -2.42. The van der Waals surface area contributed by atoms with Gasteiger partial charge in [0.2, 0.25) is 0 Å². The molecular formula is C11H10F2. The molecule has 2 bridgehead atoms. The van der Waals surface area contributed by atoms with Crippen LogP contribution in [0.2, 0.25) is 0 Å². The molecule has 2 heteroatoms. The van der Waals surface area contributed by atoms with Gasteiger partial charge in [0.25, 0.3) is 5.92 Å². The Morgan fingerprint density at radius 2 is 1.69 bits per heavy atom. The van der Waals surface area contributed by atoms with Crippen LogP contribution in [0, 0.1) is 5.92 Å². The first-order valence-corrected chi connectivity index (χ1v) is 4.60. The van der Waals surface area contributed by atoms with Crippen molar-refractivity contribution in [3.63, 3.8) is 0 Å². The molecule has 4 rings (SSSR count). The first-order chi connectivity index (χ1) is 6.17. The van der Waals surface area contributed by atoms with Crippen molar-refractivity contribution in [1.29, 1.82) is 0 Å². The maximum absolute atomic E-state index is 13.3. The van der Waals surface area contributed by atoms with Crippen LogP contribution in [0.3, 0.4) is 0 Å². The second-order valence-corrected chi connectivity index (χ2v) is 4.18. The molecule has 3 aliphatic carbocycles. The Balaban J connectivity index is 2.03. The van der Waals surface area contributed by atoms with E-state index in [9.17, 15) is 8.78 Å². The van der Waals surface area contributed by atoms with E-state index in [0.29, 0.717) is 12.8 Å². The molecule has 1 aromatic carbocycles. The van der Waals surface area contributed by atoms with E-state index in [4.69, 9.17) is 0 Å². The van der Waals surface area contributed by atoms with E-state index in [1.54, 1.807) is 0 Å². The maximum atomic E-state index is 13.3. The molecule has 0 spiro atoms. The molecule has 0 aliphatic heterocycles. The Hall–Kier alpha value is -0.920. The fraction of sp³-hybridized carbons (Fsp3) is 0.455. The third kappa shape index (κ3) is 0.630. The minimum absolute atomic E-state index is 0.326. The molecule has 0 saturated heterocycles. The summed E-state index contributed by atoms with van der Waals surface area (Å²) in [6.45, 7) is 0. The van der Waals surface area contributed by atoms with Crippen LogP contribution in [0.25, 0.3) is 0 Å². The van der Waals surface area contributed by atoms with Gasteiger partial charge >= 0.3 is 0 Å². The Labute approximate surface area is 75.6 Å². The lowest BCUT2D eigenvalue weighted by atomic mass is 9.39. The van der Waals surface area contributed by atoms with Crippen molar-refractivity contribution in [2.45, 2.75) is 24.2 Å². The van der Waals surface area contributed by atoms with Crippen LogP contribution in [-0.4, -0.2) is 5.92 Å². The van der Waals surface area contributed by atoms with E-state index < -0.39 is 11.3 Å². The molecule has 0 radical (unpaired) electrons. The monoisotopic (exact) mass is 180 g/mol. The van der Waals surface area contributed by atoms with Crippen LogP contribution in [0.5, 0.6) is 0 Å². The quantitative estimate of drug-likeness (QED) is 0.623. The number of hydrogen-bond donors (Lipinski definition) is 0. The van der Waals surface area contributed by atoms with E-state index in [1.165, 1.54) is 0 Å². The number of hydrogen-bond acceptors (Lipinski definition) is 0. The first-order valence-electron chi connectivity index (χ1n) is 4.60. The highest BCUT2D eigenvalue weighted by Crippen LogP contribution is 2.74. The number of rotatable bonds is 1. The fourth-order valence-electron chi connectivity index (χ4n) is 2.62. The van der Waals surface area contributed by atoms with Crippen molar-refractivity contribution in [1.82, 2.24) is 0 Å². The van der Waals surface area contributed by atoms with E-state index in [1.807, 2.05) is 30.3 Å². The van der Waals surface area contributed by atoms with Crippen LogP contribution in [0.1, 0.15) is 18.4 Å². The Morgan fingerprint density at radius 3 is 2.08 bits per heavy atom. The summed E-state index contributed by atoms with van der Waals surface area (Å²) < 4.78 is 26.6. The van der Waals surface area contributed by atoms with Gasteiger partial charge in [-0.3, -0.25) is 0 Å². The average molecular weight is 180 g/mol. The van der Waals surface area contributed by atoms with Gasteiger partial charge in [0.05, 0.1) is 5.41 Å². The minimum Gasteiger partial charge on any atom is -0.206 e. The van der Waals surface area contributed by atoms with Crippen molar-refractivity contribution >= 4 is 0 Å². The number of halogens is 2. The summed E-state index contributed by atoms with van der Waals surface area (Å²) in [5.74, 6) is -2.75. The molecule has 3 fully saturated rings. The zero-order valence-corrected chi connectivity index (χ0v) is 7.13. The highest BCUT2D eigenvalue weighted by atomic mass is 19.3. The van der Waals surface area contributed by atoms with Crippen LogP contribution in [-0.2, 0) is 5.41 Å². The molecule has 13 heavy (non-hydrogen) atoms. The molecule has 3 aliphatic rings. The second kappa shape index (κ2) is 1.94. The van der Waals surface area contributed by atoms with Gasteiger partial charge in [-0.25, -0.2) is 8.78 Å². The van der Waals surface area contributed by atoms with Gasteiger partial charge in [-0.05, 0) is 18.4 Å². The molecule has 0 nitrogen and oxygen atoms in total. The van der Waals surface area contributed by atoms with Gasteiger partial charge in [-0.1, -0.05) is 30.3 Å². The van der Waals surface area contributed by atoms with Crippen LogP contribution < -0.4 is 0 Å². The van der Waals surface area contributed by atoms with Crippen LogP contribution >= 0.6 is 0 Å². The lowest BCUT2D eigenvalue weighted by molar-refractivity contribution is -0.302. The van der Waals surface area contributed by atoms with Crippen molar-refractivity contribution in [2.75, 3.05) is 0 Å². The zero-order chi connectivity index (χ0) is 9.10. The van der Waals surface area contributed by atoms with Crippen LogP contribution in [0.15, 0.2) is 30.3 Å².